The molecule has 1 N–H and O–H groups in total. The minimum absolute atomic E-state index is 0.199. The third-order valence-corrected chi connectivity index (χ3v) is 1.74. The van der Waals surface area contributed by atoms with Crippen molar-refractivity contribution >= 4 is 6.21 Å². The SMILES string of the molecule is CC(C)c1cncc(F)c1C=N. The topological polar surface area (TPSA) is 36.7 Å². The molecule has 0 saturated heterocycles. The average molecular weight is 166 g/mol. The van der Waals surface area contributed by atoms with E-state index in [4.69, 9.17) is 5.41 Å². The highest BCUT2D eigenvalue weighted by Crippen LogP contribution is 2.18. The first-order valence-corrected chi connectivity index (χ1v) is 3.80. The van der Waals surface area contributed by atoms with Gasteiger partial charge >= 0.3 is 0 Å². The highest BCUT2D eigenvalue weighted by atomic mass is 19.1. The summed E-state index contributed by atoms with van der Waals surface area (Å²) in [6.07, 6.45) is 3.77. The fourth-order valence-corrected chi connectivity index (χ4v) is 1.07. The zero-order chi connectivity index (χ0) is 9.14. The molecule has 1 rings (SSSR count). The van der Waals surface area contributed by atoms with Crippen LogP contribution in [0, 0.1) is 11.2 Å². The first-order valence-electron chi connectivity index (χ1n) is 3.80. The van der Waals surface area contributed by atoms with E-state index in [0.29, 0.717) is 5.56 Å². The molecule has 0 bridgehead atoms. The zero-order valence-corrected chi connectivity index (χ0v) is 7.13. The number of rotatable bonds is 2. The summed E-state index contributed by atoms with van der Waals surface area (Å²) in [5, 5.41) is 7.03. The lowest BCUT2D eigenvalue weighted by Crippen LogP contribution is -1.99. The van der Waals surface area contributed by atoms with Crippen LogP contribution in [0.2, 0.25) is 0 Å². The van der Waals surface area contributed by atoms with E-state index >= 15 is 0 Å². The van der Waals surface area contributed by atoms with Crippen LogP contribution in [0.1, 0.15) is 30.9 Å². The lowest BCUT2D eigenvalue weighted by Gasteiger charge is -2.08. The van der Waals surface area contributed by atoms with Crippen molar-refractivity contribution < 1.29 is 4.39 Å². The quantitative estimate of drug-likeness (QED) is 0.672. The molecule has 0 radical (unpaired) electrons. The minimum Gasteiger partial charge on any atom is -0.308 e. The van der Waals surface area contributed by atoms with Crippen molar-refractivity contribution in [3.05, 3.63) is 29.3 Å². The van der Waals surface area contributed by atoms with E-state index in [2.05, 4.69) is 4.98 Å². The fraction of sp³-hybridized carbons (Fsp3) is 0.333. The molecule has 1 aromatic rings. The first kappa shape index (κ1) is 8.84. The summed E-state index contributed by atoms with van der Waals surface area (Å²) in [7, 11) is 0. The van der Waals surface area contributed by atoms with Gasteiger partial charge in [-0.15, -0.1) is 0 Å². The van der Waals surface area contributed by atoms with Gasteiger partial charge in [-0.25, -0.2) is 4.39 Å². The Bertz CT molecular complexity index is 295. The smallest absolute Gasteiger partial charge is 0.150 e. The molecule has 0 amide bonds. The van der Waals surface area contributed by atoms with Crippen LogP contribution in [0.15, 0.2) is 12.4 Å². The largest absolute Gasteiger partial charge is 0.308 e. The van der Waals surface area contributed by atoms with Crippen molar-refractivity contribution in [2.24, 2.45) is 0 Å². The number of nitrogens with one attached hydrogen (secondary N) is 1. The van der Waals surface area contributed by atoms with Gasteiger partial charge in [0, 0.05) is 18.0 Å². The highest BCUT2D eigenvalue weighted by Gasteiger charge is 2.08. The summed E-state index contributed by atoms with van der Waals surface area (Å²) in [6.45, 7) is 3.90. The summed E-state index contributed by atoms with van der Waals surface area (Å²) in [4.78, 5) is 3.74. The van der Waals surface area contributed by atoms with E-state index in [1.165, 1.54) is 0 Å². The number of hydrogen-bond acceptors (Lipinski definition) is 2. The second-order valence-corrected chi connectivity index (χ2v) is 2.92. The van der Waals surface area contributed by atoms with E-state index in [1.807, 2.05) is 13.8 Å². The molecule has 3 heteroatoms. The van der Waals surface area contributed by atoms with E-state index in [-0.39, 0.29) is 5.92 Å². The van der Waals surface area contributed by atoms with Crippen LogP contribution in [0.3, 0.4) is 0 Å². The Balaban J connectivity index is 3.27. The molecule has 0 atom stereocenters. The number of pyridine rings is 1. The minimum atomic E-state index is -0.420. The standard InChI is InChI=1S/C9H11FN2/c1-6(2)8-4-12-5-9(10)7(8)3-11/h3-6,11H,1-2H3. The summed E-state index contributed by atoms with van der Waals surface area (Å²) in [5.41, 5.74) is 1.13. The third kappa shape index (κ3) is 1.49. The number of nitrogens with zero attached hydrogens (tertiary/aromatic N) is 1. The number of halogens is 1. The Morgan fingerprint density at radius 3 is 2.58 bits per heavy atom. The normalized spacial score (nSPS) is 10.3. The average Bonchev–Trinajstić information content (AvgIpc) is 2.03. The fourth-order valence-electron chi connectivity index (χ4n) is 1.07. The Morgan fingerprint density at radius 1 is 1.50 bits per heavy atom. The third-order valence-electron chi connectivity index (χ3n) is 1.74. The second kappa shape index (κ2) is 3.43. The number of hydrogen-bond donors (Lipinski definition) is 1. The summed E-state index contributed by atoms with van der Waals surface area (Å²) in [5.74, 6) is -0.221. The molecule has 1 heterocycles. The molecule has 12 heavy (non-hydrogen) atoms. The molecule has 0 spiro atoms. The lowest BCUT2D eigenvalue weighted by molar-refractivity contribution is 0.613. The van der Waals surface area contributed by atoms with Crippen molar-refractivity contribution in [3.63, 3.8) is 0 Å². The molecule has 0 saturated carbocycles. The van der Waals surface area contributed by atoms with Crippen molar-refractivity contribution in [3.8, 4) is 0 Å². The Morgan fingerprint density at radius 2 is 2.17 bits per heavy atom. The van der Waals surface area contributed by atoms with Gasteiger partial charge in [0.1, 0.15) is 5.82 Å². The van der Waals surface area contributed by atoms with Crippen molar-refractivity contribution in [2.45, 2.75) is 19.8 Å². The van der Waals surface area contributed by atoms with Crippen LogP contribution in [0.4, 0.5) is 4.39 Å². The maximum absolute atomic E-state index is 13.0. The maximum Gasteiger partial charge on any atom is 0.150 e. The predicted molar refractivity (Wildman–Crippen MR) is 46.2 cm³/mol. The second-order valence-electron chi connectivity index (χ2n) is 2.92. The molecule has 0 aliphatic carbocycles. The monoisotopic (exact) mass is 166 g/mol. The molecule has 2 nitrogen and oxygen atoms in total. The molecular weight excluding hydrogens is 155 g/mol. The van der Waals surface area contributed by atoms with E-state index in [1.54, 1.807) is 6.20 Å². The van der Waals surface area contributed by atoms with E-state index < -0.39 is 5.82 Å². The van der Waals surface area contributed by atoms with Gasteiger partial charge in [0.15, 0.2) is 0 Å². The van der Waals surface area contributed by atoms with Crippen LogP contribution < -0.4 is 0 Å². The van der Waals surface area contributed by atoms with Crippen LogP contribution in [0.5, 0.6) is 0 Å². The Hall–Kier alpha value is -1.25. The lowest BCUT2D eigenvalue weighted by atomic mass is 10.0. The molecule has 1 aromatic heterocycles. The molecule has 0 unspecified atom stereocenters. The van der Waals surface area contributed by atoms with Crippen molar-refractivity contribution in [1.29, 1.82) is 5.41 Å². The maximum atomic E-state index is 13.0. The summed E-state index contributed by atoms with van der Waals surface area (Å²) >= 11 is 0. The van der Waals surface area contributed by atoms with Gasteiger partial charge in [0.2, 0.25) is 0 Å². The van der Waals surface area contributed by atoms with E-state index in [9.17, 15) is 4.39 Å². The molecule has 0 fully saturated rings. The summed E-state index contributed by atoms with van der Waals surface area (Å²) in [6, 6.07) is 0. The van der Waals surface area contributed by atoms with Gasteiger partial charge < -0.3 is 5.41 Å². The summed E-state index contributed by atoms with van der Waals surface area (Å²) < 4.78 is 13.0. The predicted octanol–water partition coefficient (Wildman–Crippen LogP) is 2.34. The first-order chi connectivity index (χ1) is 5.66. The van der Waals surface area contributed by atoms with Crippen molar-refractivity contribution in [1.82, 2.24) is 4.98 Å². The number of aromatic nitrogens is 1. The van der Waals surface area contributed by atoms with Crippen LogP contribution in [-0.4, -0.2) is 11.2 Å². The van der Waals surface area contributed by atoms with Crippen molar-refractivity contribution in [2.75, 3.05) is 0 Å². The molecule has 0 aliphatic heterocycles. The molecule has 0 aliphatic rings. The van der Waals surface area contributed by atoms with Gasteiger partial charge in [-0.3, -0.25) is 4.98 Å². The zero-order valence-electron chi connectivity index (χ0n) is 7.13. The highest BCUT2D eigenvalue weighted by molar-refractivity contribution is 5.79. The molecule has 64 valence electrons. The Kier molecular flexibility index (Phi) is 2.53. The van der Waals surface area contributed by atoms with E-state index in [0.717, 1.165) is 18.0 Å². The molecule has 0 aromatic carbocycles. The van der Waals surface area contributed by atoms with Crippen LogP contribution >= 0.6 is 0 Å². The van der Waals surface area contributed by atoms with Gasteiger partial charge in [-0.05, 0) is 11.5 Å². The van der Waals surface area contributed by atoms with Crippen LogP contribution in [-0.2, 0) is 0 Å². The Labute approximate surface area is 71.0 Å². The van der Waals surface area contributed by atoms with Gasteiger partial charge in [-0.1, -0.05) is 13.8 Å². The molecular formula is C9H11FN2. The van der Waals surface area contributed by atoms with Gasteiger partial charge in [0.05, 0.1) is 6.20 Å². The van der Waals surface area contributed by atoms with Gasteiger partial charge in [0.25, 0.3) is 0 Å². The van der Waals surface area contributed by atoms with Crippen LogP contribution in [0.25, 0.3) is 0 Å². The van der Waals surface area contributed by atoms with Gasteiger partial charge in [-0.2, -0.15) is 0 Å².